The fourth-order valence-electron chi connectivity index (χ4n) is 2.72. The predicted octanol–water partition coefficient (Wildman–Crippen LogP) is 3.21. The molecule has 1 aromatic heterocycles. The third kappa shape index (κ3) is 2.64. The highest BCUT2D eigenvalue weighted by molar-refractivity contribution is 7.12. The Hall–Kier alpha value is -1.23. The van der Waals surface area contributed by atoms with Gasteiger partial charge in [0.1, 0.15) is 5.01 Å². The molecule has 1 heterocycles. The van der Waals surface area contributed by atoms with Crippen molar-refractivity contribution in [1.82, 2.24) is 10.3 Å². The molecule has 1 N–H and O–H groups in total. The summed E-state index contributed by atoms with van der Waals surface area (Å²) < 4.78 is 5.04. The normalized spacial score (nSPS) is 16.8. The van der Waals surface area contributed by atoms with E-state index in [1.54, 1.807) is 7.11 Å². The number of aromatic nitrogens is 1. The number of nitrogens with zero attached hydrogens (tertiary/aromatic N) is 1. The quantitative estimate of drug-likeness (QED) is 0.858. The molecule has 4 heteroatoms. The van der Waals surface area contributed by atoms with Crippen LogP contribution in [0.15, 0.2) is 24.3 Å². The van der Waals surface area contributed by atoms with Crippen molar-refractivity contribution in [3.63, 3.8) is 0 Å². The van der Waals surface area contributed by atoms with Crippen molar-refractivity contribution in [1.29, 1.82) is 0 Å². The molecule has 3 rings (SSSR count). The number of rotatable bonds is 5. The molecule has 0 saturated heterocycles. The van der Waals surface area contributed by atoms with Gasteiger partial charge in [-0.25, -0.2) is 4.98 Å². The van der Waals surface area contributed by atoms with Gasteiger partial charge in [0.25, 0.3) is 0 Å². The highest BCUT2D eigenvalue weighted by atomic mass is 32.1. The topological polar surface area (TPSA) is 34.1 Å². The first-order valence-electron chi connectivity index (χ1n) is 7.07. The Balaban J connectivity index is 1.81. The van der Waals surface area contributed by atoms with Gasteiger partial charge in [-0.05, 0) is 17.9 Å². The molecule has 1 aliphatic carbocycles. The van der Waals surface area contributed by atoms with Crippen molar-refractivity contribution in [2.24, 2.45) is 0 Å². The van der Waals surface area contributed by atoms with Crippen molar-refractivity contribution in [3.8, 4) is 11.3 Å². The van der Waals surface area contributed by atoms with Crippen molar-refractivity contribution < 1.29 is 4.74 Å². The molecule has 0 radical (unpaired) electrons. The number of fused-ring (bicyclic) bond motifs is 3. The molecular weight excluding hydrogens is 268 g/mol. The molecule has 20 heavy (non-hydrogen) atoms. The molecule has 0 fully saturated rings. The molecular formula is C16H20N2OS. The summed E-state index contributed by atoms with van der Waals surface area (Å²) in [5.74, 6) is 0.591. The first-order chi connectivity index (χ1) is 9.79. The number of benzene rings is 1. The van der Waals surface area contributed by atoms with Crippen molar-refractivity contribution in [3.05, 3.63) is 39.7 Å². The lowest BCUT2D eigenvalue weighted by molar-refractivity contribution is 0.199. The summed E-state index contributed by atoms with van der Waals surface area (Å²) in [4.78, 5) is 6.27. The van der Waals surface area contributed by atoms with Gasteiger partial charge in [-0.3, -0.25) is 0 Å². The molecule has 2 aromatic rings. The molecule has 106 valence electrons. The van der Waals surface area contributed by atoms with Crippen molar-refractivity contribution >= 4 is 11.3 Å². The molecule has 0 spiro atoms. The van der Waals surface area contributed by atoms with E-state index in [1.807, 2.05) is 11.3 Å². The smallest absolute Gasteiger partial charge is 0.107 e. The summed E-state index contributed by atoms with van der Waals surface area (Å²) in [6.07, 6.45) is 1.11. The highest BCUT2D eigenvalue weighted by Gasteiger charge is 2.24. The monoisotopic (exact) mass is 288 g/mol. The van der Waals surface area contributed by atoms with Gasteiger partial charge in [-0.15, -0.1) is 11.3 Å². The Morgan fingerprint density at radius 1 is 1.40 bits per heavy atom. The summed E-state index contributed by atoms with van der Waals surface area (Å²) in [6, 6.07) is 8.67. The minimum atomic E-state index is 0.591. The van der Waals surface area contributed by atoms with Gasteiger partial charge in [0.05, 0.1) is 12.3 Å². The predicted molar refractivity (Wildman–Crippen MR) is 83.3 cm³/mol. The number of thiazole rings is 1. The Labute approximate surface area is 124 Å². The van der Waals surface area contributed by atoms with E-state index >= 15 is 0 Å². The van der Waals surface area contributed by atoms with E-state index in [-0.39, 0.29) is 0 Å². The van der Waals surface area contributed by atoms with Gasteiger partial charge in [0.15, 0.2) is 0 Å². The van der Waals surface area contributed by atoms with Crippen LogP contribution in [0.1, 0.15) is 28.3 Å². The van der Waals surface area contributed by atoms with Crippen LogP contribution in [0.4, 0.5) is 0 Å². The Kier molecular flexibility index (Phi) is 4.15. The maximum atomic E-state index is 5.04. The molecule has 3 nitrogen and oxygen atoms in total. The van der Waals surface area contributed by atoms with Crippen LogP contribution in [-0.4, -0.2) is 25.2 Å². The lowest BCUT2D eigenvalue weighted by atomic mass is 9.86. The molecule has 0 aliphatic heterocycles. The Bertz CT molecular complexity index is 594. The number of methoxy groups -OCH3 is 1. The number of hydrogen-bond donors (Lipinski definition) is 1. The maximum Gasteiger partial charge on any atom is 0.107 e. The fraction of sp³-hybridized carbons (Fsp3) is 0.438. The average Bonchev–Trinajstić information content (AvgIpc) is 2.87. The van der Waals surface area contributed by atoms with Gasteiger partial charge in [0.2, 0.25) is 0 Å². The van der Waals surface area contributed by atoms with Crippen LogP contribution >= 0.6 is 11.3 Å². The zero-order chi connectivity index (χ0) is 13.9. The van der Waals surface area contributed by atoms with Crippen LogP contribution in [0.5, 0.6) is 0 Å². The van der Waals surface area contributed by atoms with E-state index < -0.39 is 0 Å². The highest BCUT2D eigenvalue weighted by Crippen LogP contribution is 2.41. The van der Waals surface area contributed by atoms with Gasteiger partial charge in [-0.2, -0.15) is 0 Å². The van der Waals surface area contributed by atoms with E-state index in [4.69, 9.17) is 9.72 Å². The van der Waals surface area contributed by atoms with Crippen molar-refractivity contribution in [2.75, 3.05) is 20.3 Å². The Morgan fingerprint density at radius 3 is 3.10 bits per heavy atom. The fourth-order valence-corrected chi connectivity index (χ4v) is 3.91. The molecule has 0 saturated carbocycles. The van der Waals surface area contributed by atoms with Gasteiger partial charge < -0.3 is 10.1 Å². The second-order valence-corrected chi connectivity index (χ2v) is 6.41. The third-order valence-corrected chi connectivity index (χ3v) is 4.82. The largest absolute Gasteiger partial charge is 0.383 e. The summed E-state index contributed by atoms with van der Waals surface area (Å²) >= 11 is 1.85. The van der Waals surface area contributed by atoms with E-state index in [2.05, 4.69) is 36.5 Å². The molecule has 1 unspecified atom stereocenters. The standard InChI is InChI=1S/C16H20N2OS/c1-11-9-14-16(13-6-4-3-5-12(11)13)18-15(20-14)10-17-7-8-19-2/h3-6,11,17H,7-10H2,1-2H3. The summed E-state index contributed by atoms with van der Waals surface area (Å²) in [6.45, 7) is 4.74. The minimum absolute atomic E-state index is 0.591. The van der Waals surface area contributed by atoms with E-state index in [1.165, 1.54) is 26.7 Å². The minimum Gasteiger partial charge on any atom is -0.383 e. The first-order valence-corrected chi connectivity index (χ1v) is 7.88. The molecule has 1 atom stereocenters. The summed E-state index contributed by atoms with van der Waals surface area (Å²) in [5.41, 5.74) is 3.96. The van der Waals surface area contributed by atoms with Crippen LogP contribution in [0.2, 0.25) is 0 Å². The number of nitrogens with one attached hydrogen (secondary N) is 1. The van der Waals surface area contributed by atoms with Crippen LogP contribution < -0.4 is 5.32 Å². The molecule has 1 aromatic carbocycles. The SMILES string of the molecule is COCCNCc1nc2c(s1)CC(C)c1ccccc1-2. The maximum absolute atomic E-state index is 5.04. The summed E-state index contributed by atoms with van der Waals surface area (Å²) in [5, 5.41) is 4.55. The van der Waals surface area contributed by atoms with E-state index in [0.717, 1.165) is 26.1 Å². The zero-order valence-electron chi connectivity index (χ0n) is 12.0. The summed E-state index contributed by atoms with van der Waals surface area (Å²) in [7, 11) is 1.72. The lowest BCUT2D eigenvalue weighted by Gasteiger charge is -2.21. The zero-order valence-corrected chi connectivity index (χ0v) is 12.8. The number of hydrogen-bond acceptors (Lipinski definition) is 4. The second-order valence-electron chi connectivity index (χ2n) is 5.24. The lowest BCUT2D eigenvalue weighted by Crippen LogP contribution is -2.18. The van der Waals surface area contributed by atoms with Gasteiger partial charge in [0, 0.05) is 30.6 Å². The first kappa shape index (κ1) is 13.7. The van der Waals surface area contributed by atoms with E-state index in [0.29, 0.717) is 5.92 Å². The second kappa shape index (κ2) is 6.04. The molecule has 0 bridgehead atoms. The van der Waals surface area contributed by atoms with Crippen LogP contribution in [-0.2, 0) is 17.7 Å². The van der Waals surface area contributed by atoms with Crippen LogP contribution in [0.3, 0.4) is 0 Å². The third-order valence-electron chi connectivity index (χ3n) is 3.74. The molecule has 1 aliphatic rings. The Morgan fingerprint density at radius 2 is 2.25 bits per heavy atom. The molecule has 0 amide bonds. The van der Waals surface area contributed by atoms with E-state index in [9.17, 15) is 0 Å². The average molecular weight is 288 g/mol. The van der Waals surface area contributed by atoms with Gasteiger partial charge >= 0.3 is 0 Å². The van der Waals surface area contributed by atoms with Crippen molar-refractivity contribution in [2.45, 2.75) is 25.8 Å². The van der Waals surface area contributed by atoms with Gasteiger partial charge in [-0.1, -0.05) is 31.2 Å². The van der Waals surface area contributed by atoms with Crippen LogP contribution in [0.25, 0.3) is 11.3 Å². The number of ether oxygens (including phenoxy) is 1. The van der Waals surface area contributed by atoms with Crippen LogP contribution in [0, 0.1) is 0 Å².